The lowest BCUT2D eigenvalue weighted by Crippen LogP contribution is -2.28. The van der Waals surface area contributed by atoms with Crippen LogP contribution in [0.5, 0.6) is 5.75 Å². The molecular formula is C21H24N2O4. The van der Waals surface area contributed by atoms with Crippen molar-refractivity contribution in [2.24, 2.45) is 0 Å². The molecular weight excluding hydrogens is 344 g/mol. The third-order valence-electron chi connectivity index (χ3n) is 3.83. The molecule has 0 aliphatic carbocycles. The van der Waals surface area contributed by atoms with Gasteiger partial charge in [-0.1, -0.05) is 29.8 Å². The predicted molar refractivity (Wildman–Crippen MR) is 104 cm³/mol. The van der Waals surface area contributed by atoms with E-state index < -0.39 is 0 Å². The van der Waals surface area contributed by atoms with Gasteiger partial charge in [0.15, 0.2) is 12.4 Å². The van der Waals surface area contributed by atoms with Crippen molar-refractivity contribution in [1.29, 1.82) is 0 Å². The fourth-order valence-corrected chi connectivity index (χ4v) is 2.37. The molecule has 0 fully saturated rings. The number of rotatable bonds is 9. The second-order valence-corrected chi connectivity index (χ2v) is 6.10. The molecule has 2 N–H and O–H groups in total. The SMILES string of the molecule is CCNC(=O)COc1ccc(NC(=O)CCC(=O)c2ccc(C)cc2)cc1. The Morgan fingerprint density at radius 2 is 1.56 bits per heavy atom. The molecule has 0 unspecified atom stereocenters. The first-order valence-electron chi connectivity index (χ1n) is 8.87. The fraction of sp³-hybridized carbons (Fsp3) is 0.286. The number of aryl methyl sites for hydroxylation is 1. The van der Waals surface area contributed by atoms with E-state index >= 15 is 0 Å². The number of ether oxygens (including phenoxy) is 1. The molecule has 2 aromatic carbocycles. The van der Waals surface area contributed by atoms with Gasteiger partial charge in [0, 0.05) is 30.6 Å². The van der Waals surface area contributed by atoms with Crippen molar-refractivity contribution in [3.63, 3.8) is 0 Å². The molecule has 0 saturated carbocycles. The van der Waals surface area contributed by atoms with Crippen molar-refractivity contribution in [2.75, 3.05) is 18.5 Å². The normalized spacial score (nSPS) is 10.1. The highest BCUT2D eigenvalue weighted by Crippen LogP contribution is 2.16. The van der Waals surface area contributed by atoms with Gasteiger partial charge in [0.2, 0.25) is 5.91 Å². The molecule has 27 heavy (non-hydrogen) atoms. The van der Waals surface area contributed by atoms with E-state index in [4.69, 9.17) is 4.74 Å². The Kier molecular flexibility index (Phi) is 7.55. The van der Waals surface area contributed by atoms with Crippen molar-refractivity contribution in [1.82, 2.24) is 5.32 Å². The molecule has 2 amide bonds. The molecule has 0 aliphatic rings. The van der Waals surface area contributed by atoms with Gasteiger partial charge in [0.1, 0.15) is 5.75 Å². The molecule has 0 bridgehead atoms. The molecule has 0 radical (unpaired) electrons. The molecule has 2 aromatic rings. The Bertz CT molecular complexity index is 783. The maximum Gasteiger partial charge on any atom is 0.257 e. The Hall–Kier alpha value is -3.15. The number of hydrogen-bond acceptors (Lipinski definition) is 4. The summed E-state index contributed by atoms with van der Waals surface area (Å²) in [6.45, 7) is 4.29. The van der Waals surface area contributed by atoms with Crippen LogP contribution in [-0.4, -0.2) is 30.7 Å². The van der Waals surface area contributed by atoms with E-state index in [1.54, 1.807) is 36.4 Å². The molecule has 0 spiro atoms. The van der Waals surface area contributed by atoms with Gasteiger partial charge in [0.25, 0.3) is 5.91 Å². The van der Waals surface area contributed by atoms with Crippen LogP contribution in [0.2, 0.25) is 0 Å². The molecule has 0 aromatic heterocycles. The standard InChI is InChI=1S/C21H24N2O4/c1-3-22-21(26)14-27-18-10-8-17(9-11-18)23-20(25)13-12-19(24)16-6-4-15(2)5-7-16/h4-11H,3,12-14H2,1-2H3,(H,22,26)(H,23,25). The average Bonchev–Trinajstić information content (AvgIpc) is 2.66. The van der Waals surface area contributed by atoms with E-state index in [0.717, 1.165) is 5.56 Å². The lowest BCUT2D eigenvalue weighted by atomic mass is 10.0. The second-order valence-electron chi connectivity index (χ2n) is 6.10. The molecule has 6 nitrogen and oxygen atoms in total. The minimum Gasteiger partial charge on any atom is -0.484 e. The predicted octanol–water partition coefficient (Wildman–Crippen LogP) is 3.11. The van der Waals surface area contributed by atoms with Crippen molar-refractivity contribution < 1.29 is 19.1 Å². The second kappa shape index (κ2) is 10.1. The minimum atomic E-state index is -0.230. The summed E-state index contributed by atoms with van der Waals surface area (Å²) in [6, 6.07) is 14.0. The van der Waals surface area contributed by atoms with Crippen LogP contribution in [0.3, 0.4) is 0 Å². The van der Waals surface area contributed by atoms with Crippen molar-refractivity contribution in [2.45, 2.75) is 26.7 Å². The number of ketones is 1. The van der Waals surface area contributed by atoms with Crippen molar-refractivity contribution in [3.05, 3.63) is 59.7 Å². The van der Waals surface area contributed by atoms with E-state index in [2.05, 4.69) is 10.6 Å². The van der Waals surface area contributed by atoms with Crippen LogP contribution >= 0.6 is 0 Å². The van der Waals surface area contributed by atoms with Crippen LogP contribution < -0.4 is 15.4 Å². The summed E-state index contributed by atoms with van der Waals surface area (Å²) < 4.78 is 5.35. The molecule has 0 atom stereocenters. The van der Waals surface area contributed by atoms with Gasteiger partial charge >= 0.3 is 0 Å². The third kappa shape index (κ3) is 6.93. The molecule has 0 aliphatic heterocycles. The van der Waals surface area contributed by atoms with Gasteiger partial charge in [-0.25, -0.2) is 0 Å². The summed E-state index contributed by atoms with van der Waals surface area (Å²) in [4.78, 5) is 35.5. The van der Waals surface area contributed by atoms with Gasteiger partial charge < -0.3 is 15.4 Å². The lowest BCUT2D eigenvalue weighted by Gasteiger charge is -2.08. The Morgan fingerprint density at radius 1 is 0.889 bits per heavy atom. The van der Waals surface area contributed by atoms with Gasteiger partial charge in [-0.05, 0) is 38.1 Å². The summed E-state index contributed by atoms with van der Waals surface area (Å²) >= 11 is 0. The van der Waals surface area contributed by atoms with Crippen molar-refractivity contribution >= 4 is 23.3 Å². The van der Waals surface area contributed by atoms with E-state index in [-0.39, 0.29) is 37.0 Å². The Labute approximate surface area is 158 Å². The topological polar surface area (TPSA) is 84.5 Å². The van der Waals surface area contributed by atoms with Crippen molar-refractivity contribution in [3.8, 4) is 5.75 Å². The zero-order valence-corrected chi connectivity index (χ0v) is 15.6. The molecule has 6 heteroatoms. The first-order valence-corrected chi connectivity index (χ1v) is 8.87. The first-order chi connectivity index (χ1) is 13.0. The van der Waals surface area contributed by atoms with E-state index in [9.17, 15) is 14.4 Å². The summed E-state index contributed by atoms with van der Waals surface area (Å²) in [7, 11) is 0. The van der Waals surface area contributed by atoms with Gasteiger partial charge in [-0.3, -0.25) is 14.4 Å². The number of nitrogens with one attached hydrogen (secondary N) is 2. The number of hydrogen-bond donors (Lipinski definition) is 2. The Morgan fingerprint density at radius 3 is 2.19 bits per heavy atom. The van der Waals surface area contributed by atoms with Gasteiger partial charge in [-0.15, -0.1) is 0 Å². The Balaban J connectivity index is 1.77. The maximum absolute atomic E-state index is 12.1. The number of amides is 2. The third-order valence-corrected chi connectivity index (χ3v) is 3.83. The highest BCUT2D eigenvalue weighted by molar-refractivity contribution is 6.00. The first kappa shape index (κ1) is 20.2. The number of likely N-dealkylation sites (N-methyl/N-ethyl adjacent to an activating group) is 1. The molecule has 142 valence electrons. The monoisotopic (exact) mass is 368 g/mol. The van der Waals surface area contributed by atoms with Crippen LogP contribution in [0, 0.1) is 6.92 Å². The number of Topliss-reactive ketones (excluding diaryl/α,β-unsaturated/α-hetero) is 1. The van der Waals surface area contributed by atoms with E-state index in [1.807, 2.05) is 26.0 Å². The van der Waals surface area contributed by atoms with Gasteiger partial charge in [-0.2, -0.15) is 0 Å². The lowest BCUT2D eigenvalue weighted by molar-refractivity contribution is -0.123. The number of carbonyl (C=O) groups excluding carboxylic acids is 3. The molecule has 0 saturated heterocycles. The quantitative estimate of drug-likeness (QED) is 0.666. The minimum absolute atomic E-state index is 0.0549. The largest absolute Gasteiger partial charge is 0.484 e. The highest BCUT2D eigenvalue weighted by atomic mass is 16.5. The zero-order chi connectivity index (χ0) is 19.6. The zero-order valence-electron chi connectivity index (χ0n) is 15.6. The molecule has 0 heterocycles. The summed E-state index contributed by atoms with van der Waals surface area (Å²) in [6.07, 6.45) is 0.269. The van der Waals surface area contributed by atoms with Crippen LogP contribution in [0.15, 0.2) is 48.5 Å². The van der Waals surface area contributed by atoms with Gasteiger partial charge in [0.05, 0.1) is 0 Å². The summed E-state index contributed by atoms with van der Waals surface area (Å²) in [5.41, 5.74) is 2.30. The number of benzene rings is 2. The summed E-state index contributed by atoms with van der Waals surface area (Å²) in [5.74, 6) is 0.0626. The highest BCUT2D eigenvalue weighted by Gasteiger charge is 2.10. The molecule has 2 rings (SSSR count). The number of carbonyl (C=O) groups is 3. The fourth-order valence-electron chi connectivity index (χ4n) is 2.37. The average molecular weight is 368 g/mol. The van der Waals surface area contributed by atoms with Crippen LogP contribution in [0.1, 0.15) is 35.7 Å². The van der Waals surface area contributed by atoms with E-state index in [1.165, 1.54) is 0 Å². The van der Waals surface area contributed by atoms with Crippen LogP contribution in [0.25, 0.3) is 0 Å². The maximum atomic E-state index is 12.1. The van der Waals surface area contributed by atoms with Crippen LogP contribution in [-0.2, 0) is 9.59 Å². The number of anilines is 1. The van der Waals surface area contributed by atoms with E-state index in [0.29, 0.717) is 23.5 Å². The summed E-state index contributed by atoms with van der Waals surface area (Å²) in [5, 5.41) is 5.39. The smallest absolute Gasteiger partial charge is 0.257 e. The van der Waals surface area contributed by atoms with Crippen LogP contribution in [0.4, 0.5) is 5.69 Å².